The summed E-state index contributed by atoms with van der Waals surface area (Å²) in [5.41, 5.74) is 6.24. The number of thiophene rings is 1. The summed E-state index contributed by atoms with van der Waals surface area (Å²) in [6, 6.07) is 14.6. The Labute approximate surface area is 198 Å². The van der Waals surface area contributed by atoms with Crippen LogP contribution >= 0.6 is 11.3 Å². The van der Waals surface area contributed by atoms with E-state index >= 15 is 0 Å². The van der Waals surface area contributed by atoms with E-state index in [1.54, 1.807) is 42.5 Å². The van der Waals surface area contributed by atoms with Gasteiger partial charge < -0.3 is 14.4 Å². The van der Waals surface area contributed by atoms with Crippen molar-refractivity contribution in [3.8, 4) is 21.9 Å². The third-order valence-electron chi connectivity index (χ3n) is 5.59. The van der Waals surface area contributed by atoms with E-state index < -0.39 is 17.7 Å². The minimum atomic E-state index is -0.612. The Morgan fingerprint density at radius 3 is 2.53 bits per heavy atom. The summed E-state index contributed by atoms with van der Waals surface area (Å²) in [6.45, 7) is 1.10. The topological polar surface area (TPSA) is 97.0 Å². The van der Waals surface area contributed by atoms with Crippen LogP contribution < -0.4 is 25.2 Å². The number of rotatable bonds is 4. The Balaban J connectivity index is 1.18. The molecule has 1 saturated heterocycles. The van der Waals surface area contributed by atoms with Gasteiger partial charge in [0.1, 0.15) is 19.0 Å². The van der Waals surface area contributed by atoms with Gasteiger partial charge >= 0.3 is 0 Å². The predicted octanol–water partition coefficient (Wildman–Crippen LogP) is 3.14. The van der Waals surface area contributed by atoms with Gasteiger partial charge in [-0.25, -0.2) is 4.39 Å². The first-order valence-corrected chi connectivity index (χ1v) is 11.5. The van der Waals surface area contributed by atoms with Crippen molar-refractivity contribution in [2.45, 2.75) is 6.42 Å². The van der Waals surface area contributed by atoms with E-state index in [-0.39, 0.29) is 24.7 Å². The number of hydrogen-bond acceptors (Lipinski definition) is 6. The van der Waals surface area contributed by atoms with Crippen molar-refractivity contribution in [1.82, 2.24) is 10.9 Å². The molecule has 1 aromatic heterocycles. The number of nitrogens with one attached hydrogen (secondary N) is 2. The lowest BCUT2D eigenvalue weighted by molar-refractivity contribution is -0.126. The first kappa shape index (κ1) is 21.9. The second-order valence-corrected chi connectivity index (χ2v) is 8.93. The number of anilines is 1. The summed E-state index contributed by atoms with van der Waals surface area (Å²) in [5.74, 6) is -0.873. The second kappa shape index (κ2) is 9.14. The van der Waals surface area contributed by atoms with E-state index in [2.05, 4.69) is 10.9 Å². The number of halogens is 1. The largest absolute Gasteiger partial charge is 0.486 e. The lowest BCUT2D eigenvalue weighted by Gasteiger charge is -2.22. The molecule has 8 nitrogen and oxygen atoms in total. The second-order valence-electron chi connectivity index (χ2n) is 7.85. The summed E-state index contributed by atoms with van der Waals surface area (Å²) in [5, 5.41) is 0. The van der Waals surface area contributed by atoms with Crippen molar-refractivity contribution < 1.29 is 28.2 Å². The molecule has 2 aliphatic rings. The summed E-state index contributed by atoms with van der Waals surface area (Å²) >= 11 is 1.22. The smallest absolute Gasteiger partial charge is 0.279 e. The van der Waals surface area contributed by atoms with Crippen LogP contribution in [0.4, 0.5) is 10.1 Å². The van der Waals surface area contributed by atoms with E-state index in [0.29, 0.717) is 35.3 Å². The van der Waals surface area contributed by atoms with Crippen LogP contribution in [0.2, 0.25) is 0 Å². The zero-order chi connectivity index (χ0) is 23.7. The van der Waals surface area contributed by atoms with E-state index in [1.165, 1.54) is 28.4 Å². The van der Waals surface area contributed by atoms with E-state index in [0.717, 1.165) is 10.4 Å². The molecule has 1 atom stereocenters. The van der Waals surface area contributed by atoms with Gasteiger partial charge in [-0.2, -0.15) is 0 Å². The number of amides is 3. The standard InChI is InChI=1S/C24H20FN3O5S/c25-16-3-1-14(2-4-16)20-7-8-21(34-20)24(31)27-26-23(30)15-11-22(29)28(13-15)17-5-6-18-19(12-17)33-10-9-32-18/h1-8,12,15H,9-11,13H2,(H,26,30)(H,27,31). The van der Waals surface area contributed by atoms with Crippen LogP contribution in [-0.2, 0) is 9.59 Å². The monoisotopic (exact) mass is 481 g/mol. The van der Waals surface area contributed by atoms with Gasteiger partial charge in [0.25, 0.3) is 5.91 Å². The molecular weight excluding hydrogens is 461 g/mol. The molecule has 3 amide bonds. The fourth-order valence-electron chi connectivity index (χ4n) is 3.84. The van der Waals surface area contributed by atoms with Gasteiger partial charge in [0.05, 0.1) is 10.8 Å². The van der Waals surface area contributed by atoms with Crippen molar-refractivity contribution in [2.24, 2.45) is 5.92 Å². The maximum atomic E-state index is 13.1. The molecule has 2 aliphatic heterocycles. The van der Waals surface area contributed by atoms with Gasteiger partial charge in [-0.1, -0.05) is 12.1 Å². The summed E-state index contributed by atoms with van der Waals surface area (Å²) in [6.07, 6.45) is 0.0316. The van der Waals surface area contributed by atoms with Gasteiger partial charge in [-0.3, -0.25) is 25.2 Å². The van der Waals surface area contributed by atoms with Gasteiger partial charge in [-0.05, 0) is 42.0 Å². The minimum Gasteiger partial charge on any atom is -0.486 e. The van der Waals surface area contributed by atoms with Crippen molar-refractivity contribution in [3.63, 3.8) is 0 Å². The zero-order valence-corrected chi connectivity index (χ0v) is 18.7. The highest BCUT2D eigenvalue weighted by Gasteiger charge is 2.36. The maximum absolute atomic E-state index is 13.1. The molecule has 5 rings (SSSR count). The van der Waals surface area contributed by atoms with Crippen molar-refractivity contribution in [2.75, 3.05) is 24.7 Å². The van der Waals surface area contributed by atoms with Gasteiger partial charge in [-0.15, -0.1) is 11.3 Å². The Hall–Kier alpha value is -3.92. The number of benzene rings is 2. The van der Waals surface area contributed by atoms with Crippen LogP contribution in [-0.4, -0.2) is 37.5 Å². The third-order valence-corrected chi connectivity index (χ3v) is 6.72. The molecule has 0 saturated carbocycles. The summed E-state index contributed by atoms with van der Waals surface area (Å²) < 4.78 is 24.2. The summed E-state index contributed by atoms with van der Waals surface area (Å²) in [7, 11) is 0. The minimum absolute atomic E-state index is 0.0316. The SMILES string of the molecule is O=C(NNC(=O)C1CC(=O)N(c2ccc3c(c2)OCCO3)C1)c1ccc(-c2ccc(F)cc2)s1. The van der Waals surface area contributed by atoms with E-state index in [1.807, 2.05) is 0 Å². The number of carbonyl (C=O) groups excluding carboxylic acids is 3. The highest BCUT2D eigenvalue weighted by atomic mass is 32.1. The summed E-state index contributed by atoms with van der Waals surface area (Å²) in [4.78, 5) is 40.3. The normalized spacial score (nSPS) is 16.9. The first-order chi connectivity index (χ1) is 16.5. The first-order valence-electron chi connectivity index (χ1n) is 10.6. The molecule has 0 radical (unpaired) electrons. The van der Waals surface area contributed by atoms with Crippen molar-refractivity contribution in [1.29, 1.82) is 0 Å². The molecule has 1 fully saturated rings. The van der Waals surface area contributed by atoms with Gasteiger partial charge in [0.15, 0.2) is 11.5 Å². The van der Waals surface area contributed by atoms with Crippen molar-refractivity contribution >= 4 is 34.7 Å². The fourth-order valence-corrected chi connectivity index (χ4v) is 4.75. The molecule has 2 aromatic carbocycles. The molecule has 34 heavy (non-hydrogen) atoms. The fraction of sp³-hybridized carbons (Fsp3) is 0.208. The molecule has 3 aromatic rings. The molecule has 174 valence electrons. The molecule has 10 heteroatoms. The number of nitrogens with zero attached hydrogens (tertiary/aromatic N) is 1. The zero-order valence-electron chi connectivity index (χ0n) is 17.9. The van der Waals surface area contributed by atoms with Crippen LogP contribution in [0.3, 0.4) is 0 Å². The van der Waals surface area contributed by atoms with Crippen molar-refractivity contribution in [3.05, 3.63) is 65.3 Å². The highest BCUT2D eigenvalue weighted by molar-refractivity contribution is 7.17. The van der Waals surface area contributed by atoms with Crippen LogP contribution in [0.5, 0.6) is 11.5 Å². The van der Waals surface area contributed by atoms with E-state index in [9.17, 15) is 18.8 Å². The number of fused-ring (bicyclic) bond motifs is 1. The molecule has 3 heterocycles. The molecule has 0 spiro atoms. The average Bonchev–Trinajstić information content (AvgIpc) is 3.50. The highest BCUT2D eigenvalue weighted by Crippen LogP contribution is 2.36. The third kappa shape index (κ3) is 4.44. The Morgan fingerprint density at radius 1 is 0.971 bits per heavy atom. The van der Waals surface area contributed by atoms with Gasteiger partial charge in [0, 0.05) is 29.6 Å². The van der Waals surface area contributed by atoms with Crippen LogP contribution in [0.15, 0.2) is 54.6 Å². The lowest BCUT2D eigenvalue weighted by Crippen LogP contribution is -2.45. The number of hydrazine groups is 1. The predicted molar refractivity (Wildman–Crippen MR) is 123 cm³/mol. The Kier molecular flexibility index (Phi) is 5.89. The Bertz CT molecular complexity index is 1260. The molecular formula is C24H20FN3O5S. The molecule has 1 unspecified atom stereocenters. The maximum Gasteiger partial charge on any atom is 0.279 e. The average molecular weight is 482 g/mol. The molecule has 0 aliphatic carbocycles. The molecule has 2 N–H and O–H groups in total. The van der Waals surface area contributed by atoms with Crippen LogP contribution in [0.1, 0.15) is 16.1 Å². The number of carbonyl (C=O) groups is 3. The van der Waals surface area contributed by atoms with Gasteiger partial charge in [0.2, 0.25) is 11.8 Å². The lowest BCUT2D eigenvalue weighted by atomic mass is 10.1. The number of ether oxygens (including phenoxy) is 2. The van der Waals surface area contributed by atoms with E-state index in [4.69, 9.17) is 9.47 Å². The quantitative estimate of drug-likeness (QED) is 0.558. The Morgan fingerprint density at radius 2 is 1.74 bits per heavy atom. The molecule has 0 bridgehead atoms. The van der Waals surface area contributed by atoms with Crippen LogP contribution in [0.25, 0.3) is 10.4 Å². The number of hydrogen-bond donors (Lipinski definition) is 2. The van der Waals surface area contributed by atoms with Crippen LogP contribution in [0, 0.1) is 11.7 Å².